The van der Waals surface area contributed by atoms with Crippen LogP contribution in [0.1, 0.15) is 26.7 Å². The molecule has 1 heterocycles. The fourth-order valence-corrected chi connectivity index (χ4v) is 2.40. The van der Waals surface area contributed by atoms with Crippen LogP contribution in [0.15, 0.2) is 0 Å². The minimum atomic E-state index is -1.14. The summed E-state index contributed by atoms with van der Waals surface area (Å²) in [5.74, 6) is -0.0474. The van der Waals surface area contributed by atoms with E-state index in [1.165, 1.54) is 0 Å². The molecule has 2 unspecified atom stereocenters. The van der Waals surface area contributed by atoms with E-state index < -0.39 is 11.0 Å². The Hall–Kier alpha value is -0.630. The first-order chi connectivity index (χ1) is 7.52. The summed E-state index contributed by atoms with van der Waals surface area (Å²) in [5.41, 5.74) is -1.98. The lowest BCUT2D eigenvalue weighted by Gasteiger charge is -2.46. The van der Waals surface area contributed by atoms with Gasteiger partial charge in [0.1, 0.15) is 11.0 Å². The van der Waals surface area contributed by atoms with Gasteiger partial charge in [-0.2, -0.15) is 5.26 Å². The predicted octanol–water partition coefficient (Wildman–Crippen LogP) is 1.34. The van der Waals surface area contributed by atoms with Gasteiger partial charge in [-0.25, -0.2) is 0 Å². The lowest BCUT2D eigenvalue weighted by atomic mass is 9.65. The van der Waals surface area contributed by atoms with E-state index in [4.69, 9.17) is 9.47 Å². The lowest BCUT2D eigenvalue weighted by molar-refractivity contribution is -0.169. The van der Waals surface area contributed by atoms with Crippen molar-refractivity contribution < 1.29 is 14.6 Å². The summed E-state index contributed by atoms with van der Waals surface area (Å²) in [6, 6.07) is 2.27. The van der Waals surface area contributed by atoms with Gasteiger partial charge < -0.3 is 14.6 Å². The normalized spacial score (nSPS) is 29.8. The van der Waals surface area contributed by atoms with E-state index in [1.54, 1.807) is 7.11 Å². The molecule has 1 aliphatic rings. The molecular weight excluding hydrogens is 206 g/mol. The molecule has 1 rings (SSSR count). The molecule has 4 nitrogen and oxygen atoms in total. The highest BCUT2D eigenvalue weighted by Crippen LogP contribution is 2.43. The number of hydrogen-bond acceptors (Lipinski definition) is 4. The molecule has 0 aliphatic carbocycles. The number of aliphatic hydroxyl groups is 1. The summed E-state index contributed by atoms with van der Waals surface area (Å²) in [6.45, 7) is 4.95. The van der Waals surface area contributed by atoms with Gasteiger partial charge in [-0.15, -0.1) is 0 Å². The molecule has 0 spiro atoms. The third-order valence-corrected chi connectivity index (χ3v) is 3.60. The fourth-order valence-electron chi connectivity index (χ4n) is 2.40. The smallest absolute Gasteiger partial charge is 0.112 e. The molecule has 1 N–H and O–H groups in total. The summed E-state index contributed by atoms with van der Waals surface area (Å²) >= 11 is 0. The van der Waals surface area contributed by atoms with Crippen molar-refractivity contribution in [2.24, 2.45) is 11.3 Å². The number of hydrogen-bond donors (Lipinski definition) is 1. The average Bonchev–Trinajstić information content (AvgIpc) is 2.29. The van der Waals surface area contributed by atoms with Crippen molar-refractivity contribution in [3.8, 4) is 6.07 Å². The van der Waals surface area contributed by atoms with E-state index in [0.717, 1.165) is 6.42 Å². The van der Waals surface area contributed by atoms with Crippen molar-refractivity contribution in [3.63, 3.8) is 0 Å². The molecule has 0 radical (unpaired) electrons. The maximum absolute atomic E-state index is 10.7. The average molecular weight is 227 g/mol. The van der Waals surface area contributed by atoms with E-state index in [1.807, 2.05) is 13.8 Å². The maximum Gasteiger partial charge on any atom is 0.112 e. The maximum atomic E-state index is 10.7. The number of rotatable bonds is 4. The molecule has 1 aliphatic heterocycles. The van der Waals surface area contributed by atoms with Crippen LogP contribution in [0, 0.1) is 22.7 Å². The summed E-state index contributed by atoms with van der Waals surface area (Å²) in [5, 5.41) is 20.1. The first kappa shape index (κ1) is 13.4. The molecule has 0 amide bonds. The van der Waals surface area contributed by atoms with Gasteiger partial charge >= 0.3 is 0 Å². The number of ether oxygens (including phenoxy) is 2. The Morgan fingerprint density at radius 1 is 1.62 bits per heavy atom. The van der Waals surface area contributed by atoms with Crippen LogP contribution in [0.25, 0.3) is 0 Å². The molecule has 0 bridgehead atoms. The molecule has 16 heavy (non-hydrogen) atoms. The number of nitrogens with zero attached hydrogens (tertiary/aromatic N) is 1. The second kappa shape index (κ2) is 5.13. The van der Waals surface area contributed by atoms with Crippen LogP contribution in [0.5, 0.6) is 0 Å². The molecule has 1 saturated heterocycles. The largest absolute Gasteiger partial charge is 0.385 e. The summed E-state index contributed by atoms with van der Waals surface area (Å²) in [7, 11) is 1.54. The van der Waals surface area contributed by atoms with Crippen molar-refractivity contribution in [2.75, 3.05) is 26.9 Å². The Labute approximate surface area is 97.2 Å². The molecule has 4 heteroatoms. The first-order valence-corrected chi connectivity index (χ1v) is 5.73. The minimum absolute atomic E-state index is 0.0474. The van der Waals surface area contributed by atoms with Gasteiger partial charge in [0.25, 0.3) is 0 Å². The van der Waals surface area contributed by atoms with Crippen molar-refractivity contribution in [1.82, 2.24) is 0 Å². The van der Waals surface area contributed by atoms with Crippen molar-refractivity contribution in [3.05, 3.63) is 0 Å². The molecule has 0 aromatic heterocycles. The standard InChI is InChI=1S/C12H21NO3/c1-10(2)12(14,9-15-3)11(7-13)5-4-6-16-8-11/h10,14H,4-6,8-9H2,1-3H3. The monoisotopic (exact) mass is 227 g/mol. The molecule has 0 saturated carbocycles. The molecular formula is C12H21NO3. The highest BCUT2D eigenvalue weighted by atomic mass is 16.5. The van der Waals surface area contributed by atoms with Crippen LogP contribution in [-0.2, 0) is 9.47 Å². The van der Waals surface area contributed by atoms with Gasteiger partial charge in [-0.3, -0.25) is 0 Å². The van der Waals surface area contributed by atoms with Gasteiger partial charge in [0.2, 0.25) is 0 Å². The molecule has 92 valence electrons. The number of nitriles is 1. The topological polar surface area (TPSA) is 62.5 Å². The fraction of sp³-hybridized carbons (Fsp3) is 0.917. The van der Waals surface area contributed by atoms with Gasteiger partial charge in [-0.1, -0.05) is 13.8 Å². The zero-order valence-electron chi connectivity index (χ0n) is 10.3. The van der Waals surface area contributed by atoms with Crippen molar-refractivity contribution >= 4 is 0 Å². The predicted molar refractivity (Wildman–Crippen MR) is 59.8 cm³/mol. The van der Waals surface area contributed by atoms with Gasteiger partial charge in [-0.05, 0) is 18.8 Å². The van der Waals surface area contributed by atoms with Crippen molar-refractivity contribution in [2.45, 2.75) is 32.3 Å². The second-order valence-corrected chi connectivity index (χ2v) is 4.86. The summed E-state index contributed by atoms with van der Waals surface area (Å²) < 4.78 is 10.5. The van der Waals surface area contributed by atoms with E-state index in [0.29, 0.717) is 19.6 Å². The lowest BCUT2D eigenvalue weighted by Crippen LogP contribution is -2.58. The third-order valence-electron chi connectivity index (χ3n) is 3.60. The molecule has 1 fully saturated rings. The van der Waals surface area contributed by atoms with Crippen LogP contribution in [0.3, 0.4) is 0 Å². The SMILES string of the molecule is COCC(O)(C(C)C)C1(C#N)CCCOC1. The van der Waals surface area contributed by atoms with E-state index >= 15 is 0 Å². The van der Waals surface area contributed by atoms with E-state index in [2.05, 4.69) is 6.07 Å². The summed E-state index contributed by atoms with van der Waals surface area (Å²) in [6.07, 6.45) is 1.48. The van der Waals surface area contributed by atoms with Crippen LogP contribution in [0.2, 0.25) is 0 Å². The Kier molecular flexibility index (Phi) is 4.31. The summed E-state index contributed by atoms with van der Waals surface area (Å²) in [4.78, 5) is 0. The Morgan fingerprint density at radius 2 is 2.31 bits per heavy atom. The minimum Gasteiger partial charge on any atom is -0.385 e. The highest BCUT2D eigenvalue weighted by Gasteiger charge is 2.54. The Bertz CT molecular complexity index is 266. The van der Waals surface area contributed by atoms with Gasteiger partial charge in [0, 0.05) is 13.7 Å². The molecule has 2 atom stereocenters. The van der Waals surface area contributed by atoms with Crippen LogP contribution < -0.4 is 0 Å². The van der Waals surface area contributed by atoms with Crippen LogP contribution in [-0.4, -0.2) is 37.6 Å². The Morgan fingerprint density at radius 3 is 2.69 bits per heavy atom. The third kappa shape index (κ3) is 2.08. The van der Waals surface area contributed by atoms with Gasteiger partial charge in [0.05, 0.1) is 19.3 Å². The zero-order valence-corrected chi connectivity index (χ0v) is 10.3. The molecule has 0 aromatic rings. The number of methoxy groups -OCH3 is 1. The first-order valence-electron chi connectivity index (χ1n) is 5.73. The van der Waals surface area contributed by atoms with Crippen LogP contribution >= 0.6 is 0 Å². The van der Waals surface area contributed by atoms with E-state index in [-0.39, 0.29) is 12.5 Å². The van der Waals surface area contributed by atoms with Crippen molar-refractivity contribution in [1.29, 1.82) is 5.26 Å². The highest BCUT2D eigenvalue weighted by molar-refractivity contribution is 5.13. The van der Waals surface area contributed by atoms with Crippen LogP contribution in [0.4, 0.5) is 0 Å². The van der Waals surface area contributed by atoms with E-state index in [9.17, 15) is 10.4 Å². The zero-order chi connectivity index (χ0) is 12.2. The van der Waals surface area contributed by atoms with Gasteiger partial charge in [0.15, 0.2) is 0 Å². The Balaban J connectivity index is 3.02. The second-order valence-electron chi connectivity index (χ2n) is 4.86. The molecule has 0 aromatic carbocycles. The quantitative estimate of drug-likeness (QED) is 0.787.